The number of benzene rings is 2. The third kappa shape index (κ3) is 2.75. The summed E-state index contributed by atoms with van der Waals surface area (Å²) in [5.74, 6) is -0.893. The molecule has 1 aliphatic carbocycles. The third-order valence-corrected chi connectivity index (χ3v) is 3.84. The SMILES string of the molecule is O=C1C(Cl)=C(N=Cc2ccc([N+](=O)[O-])cc2)C(=O)c2ccccc21. The molecule has 0 fully saturated rings. The van der Waals surface area contributed by atoms with Crippen LogP contribution in [-0.2, 0) is 0 Å². The lowest BCUT2D eigenvalue weighted by atomic mass is 9.93. The lowest BCUT2D eigenvalue weighted by Crippen LogP contribution is -2.19. The van der Waals surface area contributed by atoms with Crippen molar-refractivity contribution in [3.63, 3.8) is 0 Å². The molecule has 0 N–H and O–H groups in total. The molecule has 2 aromatic carbocycles. The number of fused-ring (bicyclic) bond motifs is 1. The van der Waals surface area contributed by atoms with Gasteiger partial charge in [0.05, 0.1) is 4.92 Å². The van der Waals surface area contributed by atoms with Crippen molar-refractivity contribution >= 4 is 35.1 Å². The van der Waals surface area contributed by atoms with Crippen molar-refractivity contribution in [1.82, 2.24) is 0 Å². The van der Waals surface area contributed by atoms with Gasteiger partial charge in [0.1, 0.15) is 10.7 Å². The molecule has 7 heteroatoms. The first-order valence-corrected chi connectivity index (χ1v) is 7.23. The van der Waals surface area contributed by atoms with Crippen molar-refractivity contribution < 1.29 is 14.5 Å². The average Bonchev–Trinajstić information content (AvgIpc) is 2.60. The fraction of sp³-hybridized carbons (Fsp3) is 0. The molecule has 6 nitrogen and oxygen atoms in total. The Bertz CT molecular complexity index is 930. The lowest BCUT2D eigenvalue weighted by molar-refractivity contribution is -0.384. The standard InChI is InChI=1S/C17H9ClN2O4/c18-14-15(17(22)13-4-2-1-3-12(13)16(14)21)19-9-10-5-7-11(8-6-10)20(23)24/h1-9H. The van der Waals surface area contributed by atoms with Crippen LogP contribution in [0.15, 0.2) is 64.3 Å². The molecular formula is C17H9ClN2O4. The number of ketones is 2. The molecule has 0 amide bonds. The van der Waals surface area contributed by atoms with Crippen molar-refractivity contribution in [2.45, 2.75) is 0 Å². The molecular weight excluding hydrogens is 332 g/mol. The largest absolute Gasteiger partial charge is 0.287 e. The van der Waals surface area contributed by atoms with Gasteiger partial charge in [0, 0.05) is 29.5 Å². The van der Waals surface area contributed by atoms with Crippen molar-refractivity contribution in [2.24, 2.45) is 4.99 Å². The van der Waals surface area contributed by atoms with E-state index in [1.807, 2.05) is 0 Å². The summed E-state index contributed by atoms with van der Waals surface area (Å²) in [7, 11) is 0. The number of aliphatic imine (C=N–C) groups is 1. The summed E-state index contributed by atoms with van der Waals surface area (Å²) in [5.41, 5.74) is 0.849. The highest BCUT2D eigenvalue weighted by Gasteiger charge is 2.30. The number of halogens is 1. The van der Waals surface area contributed by atoms with Gasteiger partial charge in [-0.2, -0.15) is 0 Å². The Balaban J connectivity index is 1.94. The number of Topliss-reactive ketones (excluding diaryl/α,β-unsaturated/α-hetero) is 2. The van der Waals surface area contributed by atoms with E-state index in [0.717, 1.165) is 0 Å². The molecule has 0 bridgehead atoms. The van der Waals surface area contributed by atoms with Crippen LogP contribution in [0.4, 0.5) is 5.69 Å². The third-order valence-electron chi connectivity index (χ3n) is 3.49. The number of non-ortho nitro benzene ring substituents is 1. The smallest absolute Gasteiger partial charge is 0.269 e. The first kappa shape index (κ1) is 15.8. The van der Waals surface area contributed by atoms with E-state index in [4.69, 9.17) is 11.6 Å². The number of nitro groups is 1. The maximum absolute atomic E-state index is 12.4. The Kier molecular flexibility index (Phi) is 4.05. The van der Waals surface area contributed by atoms with Crippen molar-refractivity contribution in [1.29, 1.82) is 0 Å². The minimum Gasteiger partial charge on any atom is -0.287 e. The molecule has 1 aliphatic rings. The Morgan fingerprint density at radius 2 is 1.54 bits per heavy atom. The maximum Gasteiger partial charge on any atom is 0.269 e. The first-order valence-electron chi connectivity index (χ1n) is 6.86. The van der Waals surface area contributed by atoms with Gasteiger partial charge in [-0.15, -0.1) is 0 Å². The van der Waals surface area contributed by atoms with E-state index >= 15 is 0 Å². The summed E-state index contributed by atoms with van der Waals surface area (Å²) < 4.78 is 0. The molecule has 0 saturated carbocycles. The van der Waals surface area contributed by atoms with Gasteiger partial charge in [0.25, 0.3) is 5.69 Å². The second kappa shape index (κ2) is 6.17. The molecule has 0 heterocycles. The summed E-state index contributed by atoms with van der Waals surface area (Å²) in [4.78, 5) is 38.8. The molecule has 3 rings (SSSR count). The number of carbonyl (C=O) groups is 2. The van der Waals surface area contributed by atoms with Gasteiger partial charge in [-0.3, -0.25) is 24.7 Å². The normalized spacial score (nSPS) is 14.2. The molecule has 0 unspecified atom stereocenters. The second-order valence-corrected chi connectivity index (χ2v) is 5.35. The van der Waals surface area contributed by atoms with Gasteiger partial charge in [-0.25, -0.2) is 0 Å². The Morgan fingerprint density at radius 1 is 0.958 bits per heavy atom. The van der Waals surface area contributed by atoms with Gasteiger partial charge < -0.3 is 0 Å². The molecule has 0 aromatic heterocycles. The van der Waals surface area contributed by atoms with Crippen LogP contribution >= 0.6 is 11.6 Å². The zero-order chi connectivity index (χ0) is 17.3. The molecule has 0 radical (unpaired) electrons. The maximum atomic E-state index is 12.4. The predicted molar refractivity (Wildman–Crippen MR) is 88.7 cm³/mol. The fourth-order valence-corrected chi connectivity index (χ4v) is 2.51. The molecule has 0 spiro atoms. The predicted octanol–water partition coefficient (Wildman–Crippen LogP) is 3.54. The zero-order valence-electron chi connectivity index (χ0n) is 12.1. The van der Waals surface area contributed by atoms with Crippen LogP contribution in [0.2, 0.25) is 0 Å². The van der Waals surface area contributed by atoms with E-state index in [1.165, 1.54) is 36.5 Å². The number of rotatable bonds is 3. The van der Waals surface area contributed by atoms with Crippen molar-refractivity contribution in [3.8, 4) is 0 Å². The number of nitro benzene ring substituents is 1. The minimum atomic E-state index is -0.513. The number of hydrogen-bond donors (Lipinski definition) is 0. The summed E-state index contributed by atoms with van der Waals surface area (Å²) in [6, 6.07) is 12.0. The van der Waals surface area contributed by atoms with Crippen LogP contribution in [0.3, 0.4) is 0 Å². The van der Waals surface area contributed by atoms with Gasteiger partial charge in [-0.1, -0.05) is 35.9 Å². The summed E-state index contributed by atoms with van der Waals surface area (Å²) in [6.07, 6.45) is 1.33. The Hall–Kier alpha value is -3.12. The van der Waals surface area contributed by atoms with Crippen LogP contribution in [0.25, 0.3) is 0 Å². The molecule has 2 aromatic rings. The monoisotopic (exact) mass is 340 g/mol. The molecule has 0 atom stereocenters. The number of hydrogen-bond acceptors (Lipinski definition) is 5. The van der Waals surface area contributed by atoms with Crippen LogP contribution in [0, 0.1) is 10.1 Å². The van der Waals surface area contributed by atoms with Crippen molar-refractivity contribution in [2.75, 3.05) is 0 Å². The van der Waals surface area contributed by atoms with Crippen molar-refractivity contribution in [3.05, 3.63) is 86.1 Å². The van der Waals surface area contributed by atoms with E-state index < -0.39 is 16.5 Å². The van der Waals surface area contributed by atoms with E-state index in [1.54, 1.807) is 18.2 Å². The quantitative estimate of drug-likeness (QED) is 0.485. The van der Waals surface area contributed by atoms with Crippen LogP contribution in [0.1, 0.15) is 26.3 Å². The number of carbonyl (C=O) groups excluding carboxylic acids is 2. The van der Waals surface area contributed by atoms with Gasteiger partial charge in [0.2, 0.25) is 11.6 Å². The highest BCUT2D eigenvalue weighted by atomic mass is 35.5. The van der Waals surface area contributed by atoms with Gasteiger partial charge >= 0.3 is 0 Å². The summed E-state index contributed by atoms with van der Waals surface area (Å²) in [5, 5.41) is 10.4. The summed E-state index contributed by atoms with van der Waals surface area (Å²) in [6.45, 7) is 0. The van der Waals surface area contributed by atoms with E-state index in [0.29, 0.717) is 5.56 Å². The first-order chi connectivity index (χ1) is 11.5. The Labute approximate surface area is 141 Å². The van der Waals surface area contributed by atoms with Crippen LogP contribution in [0.5, 0.6) is 0 Å². The number of nitrogens with zero attached hydrogens (tertiary/aromatic N) is 2. The summed E-state index contributed by atoms with van der Waals surface area (Å²) >= 11 is 5.99. The highest BCUT2D eigenvalue weighted by Crippen LogP contribution is 2.29. The number of allylic oxidation sites excluding steroid dienone is 2. The van der Waals surface area contributed by atoms with Crippen LogP contribution < -0.4 is 0 Å². The Morgan fingerprint density at radius 3 is 2.12 bits per heavy atom. The minimum absolute atomic E-state index is 0.0535. The zero-order valence-corrected chi connectivity index (χ0v) is 12.9. The highest BCUT2D eigenvalue weighted by molar-refractivity contribution is 6.50. The molecule has 24 heavy (non-hydrogen) atoms. The van der Waals surface area contributed by atoms with E-state index in [2.05, 4.69) is 4.99 Å². The topological polar surface area (TPSA) is 89.6 Å². The lowest BCUT2D eigenvalue weighted by Gasteiger charge is -2.14. The van der Waals surface area contributed by atoms with Crippen LogP contribution in [-0.4, -0.2) is 22.7 Å². The average molecular weight is 341 g/mol. The van der Waals surface area contributed by atoms with E-state index in [-0.39, 0.29) is 27.5 Å². The van der Waals surface area contributed by atoms with Gasteiger partial charge in [0.15, 0.2) is 0 Å². The van der Waals surface area contributed by atoms with E-state index in [9.17, 15) is 19.7 Å². The molecule has 0 saturated heterocycles. The molecule has 118 valence electrons. The van der Waals surface area contributed by atoms with Gasteiger partial charge in [-0.05, 0) is 17.7 Å². The molecule has 0 aliphatic heterocycles. The second-order valence-electron chi connectivity index (χ2n) is 4.97. The fourth-order valence-electron chi connectivity index (χ4n) is 2.27.